The van der Waals surface area contributed by atoms with Gasteiger partial charge in [-0.25, -0.2) is 0 Å². The Kier molecular flexibility index (Phi) is 4.10. The minimum absolute atomic E-state index is 0.287. The minimum Gasteiger partial charge on any atom is -0.369 e. The zero-order chi connectivity index (χ0) is 13.9. The van der Waals surface area contributed by atoms with Gasteiger partial charge >= 0.3 is 0 Å². The fourth-order valence-corrected chi connectivity index (χ4v) is 2.57. The van der Waals surface area contributed by atoms with Crippen LogP contribution < -0.4 is 16.0 Å². The molecule has 0 bridgehead atoms. The van der Waals surface area contributed by atoms with E-state index in [-0.39, 0.29) is 5.91 Å². The number of hydrogen-bond acceptors (Lipinski definition) is 3. The topological polar surface area (TPSA) is 58.4 Å². The highest BCUT2D eigenvalue weighted by Crippen LogP contribution is 2.28. The minimum atomic E-state index is -0.673. The van der Waals surface area contributed by atoms with Crippen molar-refractivity contribution in [3.8, 4) is 0 Å². The summed E-state index contributed by atoms with van der Waals surface area (Å²) < 4.78 is 0. The molecule has 1 unspecified atom stereocenters. The first-order valence-corrected chi connectivity index (χ1v) is 6.94. The first kappa shape index (κ1) is 13.9. The van der Waals surface area contributed by atoms with Crippen LogP contribution in [0.4, 0.5) is 5.69 Å². The molecule has 1 heterocycles. The van der Waals surface area contributed by atoms with Crippen LogP contribution in [0.1, 0.15) is 25.8 Å². The molecular weight excluding hydrogens is 238 g/mol. The fraction of sp³-hybridized carbons (Fsp3) is 0.533. The summed E-state index contributed by atoms with van der Waals surface area (Å²) in [6.07, 6.45) is 2.03. The molecule has 2 rings (SSSR count). The van der Waals surface area contributed by atoms with Crippen LogP contribution in [-0.4, -0.2) is 31.1 Å². The van der Waals surface area contributed by atoms with Gasteiger partial charge in [0.2, 0.25) is 5.91 Å². The molecule has 0 aliphatic carbocycles. The SMILES string of the molecule is CCCNC(C)(CN1CCc2ccccc21)C(N)=O. The van der Waals surface area contributed by atoms with Gasteiger partial charge in [-0.3, -0.25) is 4.79 Å². The highest BCUT2D eigenvalue weighted by molar-refractivity contribution is 5.85. The van der Waals surface area contributed by atoms with Crippen molar-refractivity contribution in [3.63, 3.8) is 0 Å². The van der Waals surface area contributed by atoms with Crippen molar-refractivity contribution < 1.29 is 4.79 Å². The molecular formula is C15H23N3O. The fourth-order valence-electron chi connectivity index (χ4n) is 2.57. The number of carbonyl (C=O) groups excluding carboxylic acids is 1. The van der Waals surface area contributed by atoms with E-state index >= 15 is 0 Å². The average Bonchev–Trinajstić information content (AvgIpc) is 2.80. The number of amides is 1. The summed E-state index contributed by atoms with van der Waals surface area (Å²) in [6.45, 7) is 6.36. The van der Waals surface area contributed by atoms with Gasteiger partial charge in [0.15, 0.2) is 0 Å². The molecule has 19 heavy (non-hydrogen) atoms. The molecule has 0 saturated heterocycles. The predicted molar refractivity (Wildman–Crippen MR) is 78.3 cm³/mol. The summed E-state index contributed by atoms with van der Waals surface area (Å²) in [4.78, 5) is 14.0. The van der Waals surface area contributed by atoms with Gasteiger partial charge in [0.05, 0.1) is 0 Å². The van der Waals surface area contributed by atoms with Crippen molar-refractivity contribution in [2.24, 2.45) is 5.73 Å². The molecule has 4 heteroatoms. The normalized spacial score (nSPS) is 17.1. The lowest BCUT2D eigenvalue weighted by atomic mass is 10.0. The second-order valence-corrected chi connectivity index (χ2v) is 5.42. The number of nitrogens with two attached hydrogens (primary N) is 1. The molecule has 1 aromatic carbocycles. The Morgan fingerprint density at radius 3 is 2.89 bits per heavy atom. The number of rotatable bonds is 6. The van der Waals surface area contributed by atoms with E-state index in [2.05, 4.69) is 35.3 Å². The highest BCUT2D eigenvalue weighted by Gasteiger charge is 2.34. The number of primary amides is 1. The quantitative estimate of drug-likeness (QED) is 0.811. The Hall–Kier alpha value is -1.55. The van der Waals surface area contributed by atoms with Gasteiger partial charge in [-0.05, 0) is 37.9 Å². The molecule has 1 aromatic rings. The molecule has 3 N–H and O–H groups in total. The molecule has 1 atom stereocenters. The number of hydrogen-bond donors (Lipinski definition) is 2. The number of anilines is 1. The lowest BCUT2D eigenvalue weighted by Gasteiger charge is -2.33. The van der Waals surface area contributed by atoms with Crippen molar-refractivity contribution in [3.05, 3.63) is 29.8 Å². The summed E-state index contributed by atoms with van der Waals surface area (Å²) in [5.74, 6) is -0.287. The first-order valence-electron chi connectivity index (χ1n) is 6.94. The van der Waals surface area contributed by atoms with E-state index in [1.54, 1.807) is 0 Å². The molecule has 0 fully saturated rings. The van der Waals surface area contributed by atoms with Crippen LogP contribution in [-0.2, 0) is 11.2 Å². The van der Waals surface area contributed by atoms with Gasteiger partial charge in [-0.1, -0.05) is 25.1 Å². The molecule has 0 spiro atoms. The number of carbonyl (C=O) groups is 1. The number of nitrogens with zero attached hydrogens (tertiary/aromatic N) is 1. The second-order valence-electron chi connectivity index (χ2n) is 5.42. The second kappa shape index (κ2) is 5.61. The van der Waals surface area contributed by atoms with Crippen LogP contribution in [0, 0.1) is 0 Å². The first-order chi connectivity index (χ1) is 9.07. The summed E-state index contributed by atoms with van der Waals surface area (Å²) in [6, 6.07) is 8.36. The maximum absolute atomic E-state index is 11.8. The van der Waals surface area contributed by atoms with E-state index in [1.165, 1.54) is 11.3 Å². The smallest absolute Gasteiger partial charge is 0.239 e. The number of nitrogens with one attached hydrogen (secondary N) is 1. The van der Waals surface area contributed by atoms with Crippen molar-refractivity contribution in [1.29, 1.82) is 0 Å². The number of para-hydroxylation sites is 1. The van der Waals surface area contributed by atoms with E-state index < -0.39 is 5.54 Å². The standard InChI is InChI=1S/C15H23N3O/c1-3-9-17-15(2,14(16)19)11-18-10-8-12-6-4-5-7-13(12)18/h4-7,17H,3,8-11H2,1-2H3,(H2,16,19). The zero-order valence-electron chi connectivity index (χ0n) is 11.8. The van der Waals surface area contributed by atoms with Crippen LogP contribution >= 0.6 is 0 Å². The third kappa shape index (κ3) is 2.89. The van der Waals surface area contributed by atoms with Gasteiger partial charge in [0.25, 0.3) is 0 Å². The van der Waals surface area contributed by atoms with E-state index in [9.17, 15) is 4.79 Å². The van der Waals surface area contributed by atoms with Gasteiger partial charge < -0.3 is 16.0 Å². The van der Waals surface area contributed by atoms with Crippen molar-refractivity contribution >= 4 is 11.6 Å². The van der Waals surface area contributed by atoms with Crippen LogP contribution in [0.2, 0.25) is 0 Å². The molecule has 1 aliphatic rings. The highest BCUT2D eigenvalue weighted by atomic mass is 16.1. The van der Waals surface area contributed by atoms with Gasteiger partial charge in [0.1, 0.15) is 5.54 Å². The van der Waals surface area contributed by atoms with Gasteiger partial charge in [-0.2, -0.15) is 0 Å². The summed E-state index contributed by atoms with van der Waals surface area (Å²) in [5.41, 5.74) is 7.49. The van der Waals surface area contributed by atoms with E-state index in [0.717, 1.165) is 25.9 Å². The zero-order valence-corrected chi connectivity index (χ0v) is 11.8. The van der Waals surface area contributed by atoms with E-state index in [4.69, 9.17) is 5.73 Å². The predicted octanol–water partition coefficient (Wildman–Crippen LogP) is 1.29. The third-order valence-corrected chi connectivity index (χ3v) is 3.80. The Bertz CT molecular complexity index is 460. The lowest BCUT2D eigenvalue weighted by molar-refractivity contribution is -0.123. The van der Waals surface area contributed by atoms with E-state index in [1.807, 2.05) is 13.0 Å². The van der Waals surface area contributed by atoms with Crippen molar-refractivity contribution in [1.82, 2.24) is 5.32 Å². The molecule has 0 aromatic heterocycles. The van der Waals surface area contributed by atoms with E-state index in [0.29, 0.717) is 6.54 Å². The molecule has 0 saturated carbocycles. The molecule has 104 valence electrons. The van der Waals surface area contributed by atoms with Gasteiger partial charge in [-0.15, -0.1) is 0 Å². The molecule has 0 radical (unpaired) electrons. The largest absolute Gasteiger partial charge is 0.369 e. The Morgan fingerprint density at radius 1 is 1.47 bits per heavy atom. The Morgan fingerprint density at radius 2 is 2.21 bits per heavy atom. The Balaban J connectivity index is 2.13. The average molecular weight is 261 g/mol. The lowest BCUT2D eigenvalue weighted by Crippen LogP contribution is -2.59. The Labute approximate surface area is 115 Å². The van der Waals surface area contributed by atoms with Crippen molar-refractivity contribution in [2.45, 2.75) is 32.2 Å². The molecule has 1 aliphatic heterocycles. The maximum atomic E-state index is 11.8. The van der Waals surface area contributed by atoms with Crippen LogP contribution in [0.15, 0.2) is 24.3 Å². The molecule has 1 amide bonds. The third-order valence-electron chi connectivity index (χ3n) is 3.80. The summed E-state index contributed by atoms with van der Waals surface area (Å²) in [5, 5.41) is 3.29. The maximum Gasteiger partial charge on any atom is 0.239 e. The number of benzene rings is 1. The molecule has 4 nitrogen and oxygen atoms in total. The number of fused-ring (bicyclic) bond motifs is 1. The monoisotopic (exact) mass is 261 g/mol. The van der Waals surface area contributed by atoms with Crippen LogP contribution in [0.3, 0.4) is 0 Å². The summed E-state index contributed by atoms with van der Waals surface area (Å²) in [7, 11) is 0. The van der Waals surface area contributed by atoms with Gasteiger partial charge in [0, 0.05) is 18.8 Å². The van der Waals surface area contributed by atoms with Crippen LogP contribution in [0.5, 0.6) is 0 Å². The van der Waals surface area contributed by atoms with Crippen molar-refractivity contribution in [2.75, 3.05) is 24.5 Å². The van der Waals surface area contributed by atoms with Crippen LogP contribution in [0.25, 0.3) is 0 Å². The summed E-state index contributed by atoms with van der Waals surface area (Å²) >= 11 is 0.